The van der Waals surface area contributed by atoms with Gasteiger partial charge >= 0.3 is 5.97 Å². The van der Waals surface area contributed by atoms with Gasteiger partial charge in [0.2, 0.25) is 0 Å². The first-order valence-corrected chi connectivity index (χ1v) is 4.91. The maximum Gasteiger partial charge on any atom is 0.321 e. The summed E-state index contributed by atoms with van der Waals surface area (Å²) >= 11 is 0. The van der Waals surface area contributed by atoms with E-state index in [1.54, 1.807) is 0 Å². The second kappa shape index (κ2) is 4.14. The molecule has 0 heterocycles. The van der Waals surface area contributed by atoms with Crippen LogP contribution in [0, 0.1) is 0 Å². The van der Waals surface area contributed by atoms with Crippen molar-refractivity contribution in [2.24, 2.45) is 5.73 Å². The summed E-state index contributed by atoms with van der Waals surface area (Å²) in [6.45, 7) is 3.05. The number of nitrogens with two attached hydrogens (primary N) is 1. The lowest BCUT2D eigenvalue weighted by atomic mass is 9.77. The summed E-state index contributed by atoms with van der Waals surface area (Å²) in [6.07, 6.45) is 0. The standard InChI is InChI=1S/C11H15NO5/c1-11(2,9(12)10(16)17)5-3-7(14)8(15)4-6(5)13/h3-4,9,13-15H,12H2,1-2H3,(H,16,17)/t9-/m1/s1. The molecular formula is C11H15NO5. The van der Waals surface area contributed by atoms with E-state index in [0.29, 0.717) is 0 Å². The molecule has 0 unspecified atom stereocenters. The molecule has 0 aliphatic carbocycles. The number of rotatable bonds is 3. The fourth-order valence-electron chi connectivity index (χ4n) is 1.56. The molecule has 0 amide bonds. The smallest absolute Gasteiger partial charge is 0.321 e. The highest BCUT2D eigenvalue weighted by atomic mass is 16.4. The van der Waals surface area contributed by atoms with Crippen LogP contribution in [0.1, 0.15) is 19.4 Å². The van der Waals surface area contributed by atoms with Gasteiger partial charge in [-0.25, -0.2) is 0 Å². The molecule has 0 spiro atoms. The molecule has 1 atom stereocenters. The Bertz CT molecular complexity index is 455. The van der Waals surface area contributed by atoms with Gasteiger partial charge in [0, 0.05) is 17.0 Å². The molecule has 1 aromatic carbocycles. The van der Waals surface area contributed by atoms with Gasteiger partial charge in [0.05, 0.1) is 0 Å². The van der Waals surface area contributed by atoms with Crippen molar-refractivity contribution in [1.29, 1.82) is 0 Å². The van der Waals surface area contributed by atoms with Crippen molar-refractivity contribution in [1.82, 2.24) is 0 Å². The number of carboxylic acid groups (broad SMARTS) is 1. The molecule has 1 aromatic rings. The summed E-state index contributed by atoms with van der Waals surface area (Å²) in [7, 11) is 0. The van der Waals surface area contributed by atoms with E-state index in [4.69, 9.17) is 10.8 Å². The van der Waals surface area contributed by atoms with E-state index in [-0.39, 0.29) is 11.3 Å². The number of carbonyl (C=O) groups is 1. The molecule has 0 aliphatic heterocycles. The van der Waals surface area contributed by atoms with Crippen LogP contribution in [0.5, 0.6) is 17.2 Å². The fraction of sp³-hybridized carbons (Fsp3) is 0.364. The van der Waals surface area contributed by atoms with Gasteiger partial charge in [-0.2, -0.15) is 0 Å². The molecule has 0 saturated heterocycles. The van der Waals surface area contributed by atoms with Gasteiger partial charge in [-0.05, 0) is 6.07 Å². The SMILES string of the molecule is CC(C)(c1cc(O)c(O)cc1O)[C@H](N)C(=O)O. The summed E-state index contributed by atoms with van der Waals surface area (Å²) in [5, 5.41) is 37.1. The van der Waals surface area contributed by atoms with E-state index in [0.717, 1.165) is 12.1 Å². The van der Waals surface area contributed by atoms with Gasteiger partial charge in [-0.1, -0.05) is 13.8 Å². The molecule has 6 nitrogen and oxygen atoms in total. The third-order valence-electron chi connectivity index (χ3n) is 2.83. The Morgan fingerprint density at radius 1 is 1.18 bits per heavy atom. The summed E-state index contributed by atoms with van der Waals surface area (Å²) in [5.41, 5.74) is 4.59. The average Bonchev–Trinajstić information content (AvgIpc) is 2.21. The van der Waals surface area contributed by atoms with Crippen LogP contribution in [0.25, 0.3) is 0 Å². The third kappa shape index (κ3) is 2.26. The van der Waals surface area contributed by atoms with E-state index < -0.39 is 28.9 Å². The monoisotopic (exact) mass is 241 g/mol. The zero-order valence-corrected chi connectivity index (χ0v) is 9.51. The number of aliphatic carboxylic acids is 1. The number of benzene rings is 1. The predicted octanol–water partition coefficient (Wildman–Crippen LogP) is 0.493. The van der Waals surface area contributed by atoms with Crippen LogP contribution >= 0.6 is 0 Å². The minimum atomic E-state index is -1.25. The highest BCUT2D eigenvalue weighted by Gasteiger charge is 2.36. The van der Waals surface area contributed by atoms with E-state index in [2.05, 4.69) is 0 Å². The second-order valence-electron chi connectivity index (χ2n) is 4.40. The zero-order chi connectivity index (χ0) is 13.4. The molecular weight excluding hydrogens is 226 g/mol. The highest BCUT2D eigenvalue weighted by molar-refractivity contribution is 5.76. The van der Waals surface area contributed by atoms with Crippen LogP contribution in [0.3, 0.4) is 0 Å². The lowest BCUT2D eigenvalue weighted by Crippen LogP contribution is -2.46. The van der Waals surface area contributed by atoms with Gasteiger partial charge in [0.25, 0.3) is 0 Å². The number of phenols is 3. The molecule has 6 heteroatoms. The number of carboxylic acids is 1. The quantitative estimate of drug-likeness (QED) is 0.387. The zero-order valence-electron chi connectivity index (χ0n) is 9.51. The molecule has 0 aliphatic rings. The van der Waals surface area contributed by atoms with Crippen LogP contribution in [0.2, 0.25) is 0 Å². The molecule has 0 aromatic heterocycles. The highest BCUT2D eigenvalue weighted by Crippen LogP contribution is 2.39. The van der Waals surface area contributed by atoms with Crippen LogP contribution in [0.15, 0.2) is 12.1 Å². The molecule has 1 rings (SSSR count). The van der Waals surface area contributed by atoms with Crippen molar-refractivity contribution in [3.8, 4) is 17.2 Å². The van der Waals surface area contributed by atoms with E-state index in [1.807, 2.05) is 0 Å². The largest absolute Gasteiger partial charge is 0.508 e. The maximum atomic E-state index is 10.9. The van der Waals surface area contributed by atoms with Crippen LogP contribution in [-0.4, -0.2) is 32.4 Å². The van der Waals surface area contributed by atoms with Crippen LogP contribution in [0.4, 0.5) is 0 Å². The summed E-state index contributed by atoms with van der Waals surface area (Å²) in [5.74, 6) is -2.46. The van der Waals surface area contributed by atoms with E-state index in [9.17, 15) is 20.1 Å². The number of phenolic OH excluding ortho intramolecular Hbond substituents is 3. The van der Waals surface area contributed by atoms with Gasteiger partial charge in [0.1, 0.15) is 11.8 Å². The number of hydrogen-bond acceptors (Lipinski definition) is 5. The third-order valence-corrected chi connectivity index (χ3v) is 2.83. The Labute approximate surface area is 97.9 Å². The average molecular weight is 241 g/mol. The Morgan fingerprint density at radius 2 is 1.65 bits per heavy atom. The van der Waals surface area contributed by atoms with Gasteiger partial charge < -0.3 is 26.2 Å². The molecule has 94 valence electrons. The summed E-state index contributed by atoms with van der Waals surface area (Å²) < 4.78 is 0. The van der Waals surface area contributed by atoms with Crippen molar-refractivity contribution in [3.05, 3.63) is 17.7 Å². The lowest BCUT2D eigenvalue weighted by Gasteiger charge is -2.30. The van der Waals surface area contributed by atoms with Crippen molar-refractivity contribution in [3.63, 3.8) is 0 Å². The number of hydrogen-bond donors (Lipinski definition) is 5. The van der Waals surface area contributed by atoms with E-state index >= 15 is 0 Å². The lowest BCUT2D eigenvalue weighted by molar-refractivity contribution is -0.140. The Hall–Kier alpha value is -1.95. The van der Waals surface area contributed by atoms with E-state index in [1.165, 1.54) is 13.8 Å². The molecule has 0 radical (unpaired) electrons. The van der Waals surface area contributed by atoms with Crippen molar-refractivity contribution < 1.29 is 25.2 Å². The maximum absolute atomic E-state index is 10.9. The minimum absolute atomic E-state index is 0.155. The molecule has 0 bridgehead atoms. The van der Waals surface area contributed by atoms with Crippen LogP contribution < -0.4 is 5.73 Å². The minimum Gasteiger partial charge on any atom is -0.508 e. The number of aromatic hydroxyl groups is 3. The Kier molecular flexibility index (Phi) is 3.19. The van der Waals surface area contributed by atoms with Crippen LogP contribution in [-0.2, 0) is 10.2 Å². The van der Waals surface area contributed by atoms with Crippen molar-refractivity contribution >= 4 is 5.97 Å². The Balaban J connectivity index is 3.33. The predicted molar refractivity (Wildman–Crippen MR) is 60.1 cm³/mol. The molecule has 17 heavy (non-hydrogen) atoms. The topological polar surface area (TPSA) is 124 Å². The second-order valence-corrected chi connectivity index (χ2v) is 4.40. The summed E-state index contributed by atoms with van der Waals surface area (Å²) in [4.78, 5) is 10.9. The van der Waals surface area contributed by atoms with Crippen molar-refractivity contribution in [2.45, 2.75) is 25.3 Å². The first-order chi connectivity index (χ1) is 7.67. The molecule has 6 N–H and O–H groups in total. The first kappa shape index (κ1) is 13.1. The fourth-order valence-corrected chi connectivity index (χ4v) is 1.56. The van der Waals surface area contributed by atoms with Crippen molar-refractivity contribution in [2.75, 3.05) is 0 Å². The van der Waals surface area contributed by atoms with Gasteiger partial charge in [-0.3, -0.25) is 4.79 Å². The molecule has 0 fully saturated rings. The Morgan fingerprint density at radius 3 is 2.12 bits per heavy atom. The summed E-state index contributed by atoms with van der Waals surface area (Å²) in [6, 6.07) is 0.798. The molecule has 0 saturated carbocycles. The first-order valence-electron chi connectivity index (χ1n) is 4.91. The normalized spacial score (nSPS) is 13.4. The van der Waals surface area contributed by atoms with Gasteiger partial charge in [0.15, 0.2) is 11.5 Å². The van der Waals surface area contributed by atoms with Gasteiger partial charge in [-0.15, -0.1) is 0 Å².